The van der Waals surface area contributed by atoms with E-state index in [9.17, 15) is 13.2 Å². The van der Waals surface area contributed by atoms with E-state index in [0.717, 1.165) is 17.3 Å². The molecule has 2 aromatic carbocycles. The molecule has 102 valence electrons. The maximum atomic E-state index is 12.1. The zero-order chi connectivity index (χ0) is 14.6. The molecule has 0 aliphatic carbocycles. The second-order valence-corrected chi connectivity index (χ2v) is 6.28. The van der Waals surface area contributed by atoms with Gasteiger partial charge in [-0.2, -0.15) is 0 Å². The van der Waals surface area contributed by atoms with Crippen molar-refractivity contribution in [2.75, 3.05) is 0 Å². The number of aldehydes is 1. The first-order valence-corrected chi connectivity index (χ1v) is 7.61. The molecule has 0 atom stereocenters. The van der Waals surface area contributed by atoms with Crippen LogP contribution in [0.15, 0.2) is 58.8 Å². The minimum absolute atomic E-state index is 0.255. The average molecular weight is 286 g/mol. The van der Waals surface area contributed by atoms with E-state index in [2.05, 4.69) is 0 Å². The summed E-state index contributed by atoms with van der Waals surface area (Å²) in [5, 5.41) is 1.15. The minimum atomic E-state index is -3.46. The van der Waals surface area contributed by atoms with Crippen LogP contribution in [0.5, 0.6) is 0 Å². The first-order valence-electron chi connectivity index (χ1n) is 6.06. The van der Waals surface area contributed by atoms with Gasteiger partial charge < -0.3 is 0 Å². The van der Waals surface area contributed by atoms with E-state index < -0.39 is 9.84 Å². The fraction of sp³-hybridized carbons (Fsp3) is 0.0625. The highest BCUT2D eigenvalue weighted by Gasteiger charge is 2.09. The Labute approximate surface area is 118 Å². The Morgan fingerprint density at radius 1 is 0.950 bits per heavy atom. The van der Waals surface area contributed by atoms with Gasteiger partial charge in [-0.3, -0.25) is 4.79 Å². The molecule has 0 aliphatic rings. The van der Waals surface area contributed by atoms with Crippen LogP contribution in [0, 0.1) is 6.92 Å². The van der Waals surface area contributed by atoms with Crippen LogP contribution < -0.4 is 0 Å². The van der Waals surface area contributed by atoms with Gasteiger partial charge in [0.1, 0.15) is 6.29 Å². The molecular weight excluding hydrogens is 272 g/mol. The average Bonchev–Trinajstić information content (AvgIpc) is 2.46. The molecule has 4 heteroatoms. The smallest absolute Gasteiger partial charge is 0.199 e. The fourth-order valence-corrected chi connectivity index (χ4v) is 2.72. The third kappa shape index (κ3) is 3.42. The number of hydrogen-bond acceptors (Lipinski definition) is 3. The summed E-state index contributed by atoms with van der Waals surface area (Å²) < 4.78 is 24.2. The SMILES string of the molecule is Cc1ccc(S(=O)(=O)/C=C/c2cccc(C=O)c2)cc1. The number of sulfone groups is 1. The molecule has 2 aromatic rings. The second kappa shape index (κ2) is 5.84. The van der Waals surface area contributed by atoms with E-state index in [0.29, 0.717) is 11.1 Å². The molecule has 0 unspecified atom stereocenters. The normalized spacial score (nSPS) is 11.7. The summed E-state index contributed by atoms with van der Waals surface area (Å²) in [6.07, 6.45) is 2.22. The number of carbonyl (C=O) groups excluding carboxylic acids is 1. The summed E-state index contributed by atoms with van der Waals surface area (Å²) in [7, 11) is -3.46. The summed E-state index contributed by atoms with van der Waals surface area (Å²) in [5.41, 5.74) is 2.19. The van der Waals surface area contributed by atoms with Gasteiger partial charge in [0.05, 0.1) is 4.90 Å². The van der Waals surface area contributed by atoms with Crippen LogP contribution in [-0.4, -0.2) is 14.7 Å². The molecule has 0 N–H and O–H groups in total. The molecule has 0 bridgehead atoms. The molecule has 2 rings (SSSR count). The van der Waals surface area contributed by atoms with Gasteiger partial charge in [-0.15, -0.1) is 0 Å². The van der Waals surface area contributed by atoms with Crippen LogP contribution in [0.4, 0.5) is 0 Å². The van der Waals surface area contributed by atoms with Crippen molar-refractivity contribution in [2.45, 2.75) is 11.8 Å². The van der Waals surface area contributed by atoms with Crippen molar-refractivity contribution < 1.29 is 13.2 Å². The molecule has 0 amide bonds. The lowest BCUT2D eigenvalue weighted by atomic mass is 10.1. The molecule has 0 radical (unpaired) electrons. The number of benzene rings is 2. The van der Waals surface area contributed by atoms with E-state index in [4.69, 9.17) is 0 Å². The predicted octanol–water partition coefficient (Wildman–Crippen LogP) is 3.25. The van der Waals surface area contributed by atoms with Gasteiger partial charge in [0.25, 0.3) is 0 Å². The molecule has 0 aliphatic heterocycles. The van der Waals surface area contributed by atoms with Crippen molar-refractivity contribution in [2.24, 2.45) is 0 Å². The Bertz CT molecular complexity index is 742. The summed E-state index contributed by atoms with van der Waals surface area (Å²) in [6.45, 7) is 1.90. The summed E-state index contributed by atoms with van der Waals surface area (Å²) in [6, 6.07) is 13.4. The summed E-state index contributed by atoms with van der Waals surface area (Å²) in [5.74, 6) is 0. The van der Waals surface area contributed by atoms with Crippen molar-refractivity contribution in [3.8, 4) is 0 Å². The Balaban J connectivity index is 2.29. The quantitative estimate of drug-likeness (QED) is 0.811. The standard InChI is InChI=1S/C16H14O3S/c1-13-5-7-16(8-6-13)20(18,19)10-9-14-3-2-4-15(11-14)12-17/h2-12H,1H3/b10-9+. The number of rotatable bonds is 4. The van der Waals surface area contributed by atoms with Gasteiger partial charge >= 0.3 is 0 Å². The van der Waals surface area contributed by atoms with Crippen LogP contribution in [-0.2, 0) is 9.84 Å². The molecule has 20 heavy (non-hydrogen) atoms. The Hall–Kier alpha value is -2.20. The molecule has 0 saturated heterocycles. The lowest BCUT2D eigenvalue weighted by molar-refractivity contribution is 0.112. The highest BCUT2D eigenvalue weighted by atomic mass is 32.2. The fourth-order valence-electron chi connectivity index (χ4n) is 1.71. The van der Waals surface area contributed by atoms with Crippen LogP contribution in [0.25, 0.3) is 6.08 Å². The largest absolute Gasteiger partial charge is 0.298 e. The topological polar surface area (TPSA) is 51.2 Å². The highest BCUT2D eigenvalue weighted by Crippen LogP contribution is 2.15. The van der Waals surface area contributed by atoms with Gasteiger partial charge in [-0.25, -0.2) is 8.42 Å². The van der Waals surface area contributed by atoms with Gasteiger partial charge in [-0.1, -0.05) is 35.9 Å². The van der Waals surface area contributed by atoms with Crippen molar-refractivity contribution in [1.29, 1.82) is 0 Å². The lowest BCUT2D eigenvalue weighted by Crippen LogP contribution is -1.95. The van der Waals surface area contributed by atoms with Crippen LogP contribution in [0.3, 0.4) is 0 Å². The zero-order valence-corrected chi connectivity index (χ0v) is 11.8. The molecule has 0 spiro atoms. The van der Waals surface area contributed by atoms with Crippen molar-refractivity contribution in [3.63, 3.8) is 0 Å². The van der Waals surface area contributed by atoms with E-state index >= 15 is 0 Å². The van der Waals surface area contributed by atoms with Crippen molar-refractivity contribution >= 4 is 22.2 Å². The summed E-state index contributed by atoms with van der Waals surface area (Å²) >= 11 is 0. The Morgan fingerprint density at radius 3 is 2.25 bits per heavy atom. The molecule has 0 fully saturated rings. The molecule has 3 nitrogen and oxygen atoms in total. The minimum Gasteiger partial charge on any atom is -0.298 e. The van der Waals surface area contributed by atoms with Crippen LogP contribution in [0.1, 0.15) is 21.5 Å². The van der Waals surface area contributed by atoms with E-state index in [1.165, 1.54) is 6.08 Å². The maximum Gasteiger partial charge on any atom is 0.199 e. The Morgan fingerprint density at radius 2 is 1.60 bits per heavy atom. The third-order valence-electron chi connectivity index (χ3n) is 2.84. The number of hydrogen-bond donors (Lipinski definition) is 0. The first kappa shape index (κ1) is 14.2. The molecule has 0 saturated carbocycles. The number of carbonyl (C=O) groups is 1. The van der Waals surface area contributed by atoms with Crippen molar-refractivity contribution in [1.82, 2.24) is 0 Å². The van der Waals surface area contributed by atoms with Gasteiger partial charge in [-0.05, 0) is 36.8 Å². The van der Waals surface area contributed by atoms with Gasteiger partial charge in [0.15, 0.2) is 9.84 Å². The number of aryl methyl sites for hydroxylation is 1. The van der Waals surface area contributed by atoms with Gasteiger partial charge in [0, 0.05) is 11.0 Å². The molecule has 0 aromatic heterocycles. The highest BCUT2D eigenvalue weighted by molar-refractivity contribution is 7.94. The van der Waals surface area contributed by atoms with Gasteiger partial charge in [0.2, 0.25) is 0 Å². The Kier molecular flexibility index (Phi) is 4.15. The monoisotopic (exact) mass is 286 g/mol. The summed E-state index contributed by atoms with van der Waals surface area (Å²) in [4.78, 5) is 10.9. The molecular formula is C16H14O3S. The predicted molar refractivity (Wildman–Crippen MR) is 79.2 cm³/mol. The van der Waals surface area contributed by atoms with E-state index in [-0.39, 0.29) is 4.90 Å². The molecule has 0 heterocycles. The first-order chi connectivity index (χ1) is 9.51. The van der Waals surface area contributed by atoms with Crippen molar-refractivity contribution in [3.05, 3.63) is 70.6 Å². The third-order valence-corrected chi connectivity index (χ3v) is 4.26. The van der Waals surface area contributed by atoms with Crippen LogP contribution >= 0.6 is 0 Å². The van der Waals surface area contributed by atoms with Crippen LogP contribution in [0.2, 0.25) is 0 Å². The lowest BCUT2D eigenvalue weighted by Gasteiger charge is -2.00. The van der Waals surface area contributed by atoms with E-state index in [1.807, 2.05) is 6.92 Å². The van der Waals surface area contributed by atoms with E-state index in [1.54, 1.807) is 48.5 Å². The maximum absolute atomic E-state index is 12.1. The second-order valence-electron chi connectivity index (χ2n) is 4.45. The zero-order valence-electron chi connectivity index (χ0n) is 11.0.